The zero-order valence-corrected chi connectivity index (χ0v) is 14.9. The van der Waals surface area contributed by atoms with Gasteiger partial charge < -0.3 is 10.6 Å². The van der Waals surface area contributed by atoms with E-state index in [1.165, 1.54) is 0 Å². The Balaban J connectivity index is 2.02. The van der Waals surface area contributed by atoms with Crippen LogP contribution in [0.15, 0.2) is 53.3 Å². The number of hydrogen-bond acceptors (Lipinski definition) is 8. The lowest BCUT2D eigenvalue weighted by atomic mass is 9.96. The zero-order chi connectivity index (χ0) is 22.1. The molecule has 0 saturated carbocycles. The predicted molar refractivity (Wildman–Crippen MR) is 99.3 cm³/mol. The van der Waals surface area contributed by atoms with Gasteiger partial charge in [-0.3, -0.25) is 26.0 Å². The van der Waals surface area contributed by atoms with Gasteiger partial charge in [0.2, 0.25) is 11.6 Å². The first-order valence-corrected chi connectivity index (χ1v) is 8.25. The maximum atomic E-state index is 14.1. The molecule has 1 aliphatic rings. The van der Waals surface area contributed by atoms with Crippen molar-refractivity contribution < 1.29 is 23.0 Å². The fraction of sp³-hybridized carbons (Fsp3) is 0.118. The van der Waals surface area contributed by atoms with Crippen LogP contribution in [-0.2, 0) is 6.42 Å². The van der Waals surface area contributed by atoms with Gasteiger partial charge in [-0.25, -0.2) is 18.2 Å². The number of guanidine groups is 1. The van der Waals surface area contributed by atoms with E-state index in [2.05, 4.69) is 15.6 Å². The van der Waals surface area contributed by atoms with Crippen molar-refractivity contribution in [2.24, 2.45) is 10.7 Å². The normalized spacial score (nSPS) is 18.1. The molecule has 2 aromatic carbocycles. The lowest BCUT2D eigenvalue weighted by Crippen LogP contribution is -2.51. The summed E-state index contributed by atoms with van der Waals surface area (Å²) in [6.07, 6.45) is 0.107. The van der Waals surface area contributed by atoms with E-state index in [0.717, 1.165) is 42.6 Å². The molecule has 156 valence electrons. The van der Waals surface area contributed by atoms with Crippen molar-refractivity contribution in [3.8, 4) is 0 Å². The third-order valence-corrected chi connectivity index (χ3v) is 4.21. The number of nitrogens with one attached hydrogen (secondary N) is 2. The molecule has 3 rings (SSSR count). The highest BCUT2D eigenvalue weighted by atomic mass is 19.1. The Bertz CT molecular complexity index is 1090. The van der Waals surface area contributed by atoms with Crippen molar-refractivity contribution in [2.75, 3.05) is 5.32 Å². The highest BCUT2D eigenvalue weighted by Crippen LogP contribution is 2.29. The summed E-state index contributed by atoms with van der Waals surface area (Å²) in [6.45, 7) is 0. The predicted octanol–water partition coefficient (Wildman–Crippen LogP) is 2.40. The number of nitro groups is 2. The van der Waals surface area contributed by atoms with E-state index in [1.807, 2.05) is 0 Å². The van der Waals surface area contributed by atoms with Gasteiger partial charge in [0.05, 0.1) is 16.0 Å². The summed E-state index contributed by atoms with van der Waals surface area (Å²) in [7, 11) is 0. The van der Waals surface area contributed by atoms with Gasteiger partial charge in [-0.15, -0.1) is 0 Å². The summed E-state index contributed by atoms with van der Waals surface area (Å²) < 4.78 is 41.6. The molecule has 0 spiro atoms. The quantitative estimate of drug-likeness (QED) is 0.495. The van der Waals surface area contributed by atoms with Crippen LogP contribution in [0, 0.1) is 37.7 Å². The largest absolute Gasteiger partial charge is 0.326 e. The van der Waals surface area contributed by atoms with Crippen LogP contribution >= 0.6 is 0 Å². The van der Waals surface area contributed by atoms with Gasteiger partial charge in [-0.05, 0) is 18.2 Å². The molecule has 30 heavy (non-hydrogen) atoms. The highest BCUT2D eigenvalue weighted by Gasteiger charge is 2.43. The Morgan fingerprint density at radius 2 is 1.77 bits per heavy atom. The third-order valence-electron chi connectivity index (χ3n) is 4.21. The smallest absolute Gasteiger partial charge is 0.304 e. The van der Waals surface area contributed by atoms with Crippen LogP contribution < -0.4 is 16.4 Å². The third kappa shape index (κ3) is 4.05. The Hall–Kier alpha value is -4.00. The fourth-order valence-corrected chi connectivity index (χ4v) is 2.82. The second-order valence-corrected chi connectivity index (χ2v) is 6.24. The molecule has 1 aliphatic heterocycles. The maximum absolute atomic E-state index is 14.1. The summed E-state index contributed by atoms with van der Waals surface area (Å²) in [5.74, 6) is -3.08. The monoisotopic (exact) mass is 422 g/mol. The molecule has 1 atom stereocenters. The molecular formula is C17H13F3N6O4. The number of nitro benzene ring substituents is 1. The van der Waals surface area contributed by atoms with E-state index >= 15 is 0 Å². The molecule has 0 radical (unpaired) electrons. The maximum Gasteiger partial charge on any atom is 0.304 e. The van der Waals surface area contributed by atoms with Crippen molar-refractivity contribution in [3.05, 3.63) is 91.5 Å². The van der Waals surface area contributed by atoms with Crippen LogP contribution in [0.5, 0.6) is 0 Å². The minimum atomic E-state index is -2.23. The summed E-state index contributed by atoms with van der Waals surface area (Å²) in [4.78, 5) is 24.8. The number of nitrogens with two attached hydrogens (primary N) is 1. The Morgan fingerprint density at radius 3 is 2.37 bits per heavy atom. The number of anilines is 1. The van der Waals surface area contributed by atoms with Crippen molar-refractivity contribution >= 4 is 17.3 Å². The molecule has 0 saturated heterocycles. The van der Waals surface area contributed by atoms with Gasteiger partial charge in [0.1, 0.15) is 23.1 Å². The van der Waals surface area contributed by atoms with Crippen LogP contribution in [0.1, 0.15) is 5.56 Å². The number of aliphatic imine (C=N–C) groups is 1. The SMILES string of the molecule is NC1(Cc2c(F)cccc2F)N=C(Nc2cc(F)ccc2[N+](=O)[O-])NC=C1[N+](=O)[O-]. The summed E-state index contributed by atoms with van der Waals surface area (Å²) in [5.41, 5.74) is 1.73. The molecule has 0 aromatic heterocycles. The van der Waals surface area contributed by atoms with Gasteiger partial charge in [0.25, 0.3) is 5.69 Å². The van der Waals surface area contributed by atoms with Crippen molar-refractivity contribution in [1.82, 2.24) is 5.32 Å². The van der Waals surface area contributed by atoms with Gasteiger partial charge in [-0.2, -0.15) is 0 Å². The molecular weight excluding hydrogens is 409 g/mol. The Morgan fingerprint density at radius 1 is 1.10 bits per heavy atom. The van der Waals surface area contributed by atoms with Crippen LogP contribution in [-0.4, -0.2) is 21.5 Å². The number of benzene rings is 2. The average molecular weight is 422 g/mol. The van der Waals surface area contributed by atoms with Crippen molar-refractivity contribution in [1.29, 1.82) is 0 Å². The molecule has 4 N–H and O–H groups in total. The van der Waals surface area contributed by atoms with Crippen molar-refractivity contribution in [2.45, 2.75) is 12.1 Å². The molecule has 0 amide bonds. The van der Waals surface area contributed by atoms with Crippen LogP contribution in [0.3, 0.4) is 0 Å². The van der Waals surface area contributed by atoms with Gasteiger partial charge in [0, 0.05) is 24.1 Å². The first-order chi connectivity index (χ1) is 14.1. The van der Waals surface area contributed by atoms with Crippen LogP contribution in [0.2, 0.25) is 0 Å². The van der Waals surface area contributed by atoms with E-state index in [9.17, 15) is 33.4 Å². The van der Waals surface area contributed by atoms with E-state index < -0.39 is 56.3 Å². The van der Waals surface area contributed by atoms with E-state index in [0.29, 0.717) is 0 Å². The molecule has 1 unspecified atom stereocenters. The van der Waals surface area contributed by atoms with E-state index in [-0.39, 0.29) is 11.6 Å². The van der Waals surface area contributed by atoms with Crippen LogP contribution in [0.4, 0.5) is 24.5 Å². The molecule has 0 bridgehead atoms. The summed E-state index contributed by atoms with van der Waals surface area (Å²) in [6, 6.07) is 5.62. The summed E-state index contributed by atoms with van der Waals surface area (Å²) in [5, 5.41) is 27.3. The second-order valence-electron chi connectivity index (χ2n) is 6.24. The van der Waals surface area contributed by atoms with Crippen molar-refractivity contribution in [3.63, 3.8) is 0 Å². The zero-order valence-electron chi connectivity index (χ0n) is 14.9. The molecule has 2 aromatic rings. The highest BCUT2D eigenvalue weighted by molar-refractivity contribution is 5.97. The lowest BCUT2D eigenvalue weighted by molar-refractivity contribution is -0.435. The molecule has 13 heteroatoms. The number of halogens is 3. The van der Waals surface area contributed by atoms with Gasteiger partial charge in [0.15, 0.2) is 0 Å². The first kappa shape index (κ1) is 20.7. The number of rotatable bonds is 5. The topological polar surface area (TPSA) is 149 Å². The van der Waals surface area contributed by atoms with E-state index in [1.54, 1.807) is 0 Å². The molecule has 0 aliphatic carbocycles. The Labute approximate surface area is 166 Å². The summed E-state index contributed by atoms with van der Waals surface area (Å²) >= 11 is 0. The fourth-order valence-electron chi connectivity index (χ4n) is 2.82. The molecule has 10 nitrogen and oxygen atoms in total. The Kier molecular flexibility index (Phi) is 5.38. The van der Waals surface area contributed by atoms with Gasteiger partial charge >= 0.3 is 5.70 Å². The molecule has 1 heterocycles. The standard InChI is InChI=1S/C17H13F3N6O4/c18-9-4-5-14(25(27)28)13(6-9)23-16-22-8-15(26(29)30)17(21,24-16)7-10-11(19)2-1-3-12(10)20/h1-6,8H,7,21H2,(H2,22,23,24). The van der Waals surface area contributed by atoms with E-state index in [4.69, 9.17) is 5.73 Å². The lowest BCUT2D eigenvalue weighted by Gasteiger charge is -2.27. The number of nitrogens with zero attached hydrogens (tertiary/aromatic N) is 3. The first-order valence-electron chi connectivity index (χ1n) is 8.25. The second kappa shape index (κ2) is 7.79. The average Bonchev–Trinajstić information content (AvgIpc) is 2.64. The molecule has 0 fully saturated rings. The minimum absolute atomic E-state index is 0.316. The minimum Gasteiger partial charge on any atom is -0.326 e. The van der Waals surface area contributed by atoms with Gasteiger partial charge in [-0.1, -0.05) is 6.07 Å². The number of hydrogen-bond donors (Lipinski definition) is 3. The van der Waals surface area contributed by atoms with Crippen LogP contribution in [0.25, 0.3) is 0 Å².